The summed E-state index contributed by atoms with van der Waals surface area (Å²) < 4.78 is 5.04. The van der Waals surface area contributed by atoms with Gasteiger partial charge in [-0.15, -0.1) is 0 Å². The molecule has 2 rings (SSSR count). The normalized spacial score (nSPS) is 30.2. The number of amides is 1. The number of hydrogen-bond acceptors (Lipinski definition) is 4. The van der Waals surface area contributed by atoms with Gasteiger partial charge < -0.3 is 14.7 Å². The molecule has 0 aromatic carbocycles. The Hall–Kier alpha value is -0.750. The Morgan fingerprint density at radius 2 is 2.22 bits per heavy atom. The molecule has 18 heavy (non-hydrogen) atoms. The molecule has 0 aromatic rings. The first-order valence-corrected chi connectivity index (χ1v) is 7.40. The molecule has 3 atom stereocenters. The summed E-state index contributed by atoms with van der Waals surface area (Å²) in [5.41, 5.74) is 0. The highest BCUT2D eigenvalue weighted by molar-refractivity contribution is 7.99. The maximum Gasteiger partial charge on any atom is 0.307 e. The van der Waals surface area contributed by atoms with Crippen molar-refractivity contribution in [3.63, 3.8) is 0 Å². The van der Waals surface area contributed by atoms with Crippen molar-refractivity contribution in [3.05, 3.63) is 0 Å². The minimum Gasteiger partial charge on any atom is -0.481 e. The predicted octanol–water partition coefficient (Wildman–Crippen LogP) is 0.688. The number of nitrogens with zero attached hydrogens (tertiary/aromatic N) is 1. The quantitative estimate of drug-likeness (QED) is 0.771. The zero-order valence-electron chi connectivity index (χ0n) is 10.5. The minimum atomic E-state index is -0.846. The van der Waals surface area contributed by atoms with E-state index in [4.69, 9.17) is 9.84 Å². The van der Waals surface area contributed by atoms with Gasteiger partial charge in [0, 0.05) is 25.4 Å². The lowest BCUT2D eigenvalue weighted by molar-refractivity contribution is -0.142. The first kappa shape index (κ1) is 13.7. The lowest BCUT2D eigenvalue weighted by Crippen LogP contribution is -2.43. The molecule has 0 spiro atoms. The van der Waals surface area contributed by atoms with E-state index in [1.54, 1.807) is 7.11 Å². The molecule has 102 valence electrons. The minimum absolute atomic E-state index is 0.00644. The van der Waals surface area contributed by atoms with Gasteiger partial charge in [-0.3, -0.25) is 9.59 Å². The molecule has 1 saturated heterocycles. The zero-order valence-corrected chi connectivity index (χ0v) is 11.3. The summed E-state index contributed by atoms with van der Waals surface area (Å²) in [5.74, 6) is 0.434. The molecule has 0 aromatic heterocycles. The van der Waals surface area contributed by atoms with Gasteiger partial charge in [0.1, 0.15) is 0 Å². The molecule has 0 radical (unpaired) electrons. The molecule has 1 N–H and O–H groups in total. The van der Waals surface area contributed by atoms with E-state index in [-0.39, 0.29) is 17.9 Å². The fourth-order valence-corrected chi connectivity index (χ4v) is 3.61. The average molecular weight is 273 g/mol. The van der Waals surface area contributed by atoms with Crippen molar-refractivity contribution in [2.45, 2.75) is 18.9 Å². The smallest absolute Gasteiger partial charge is 0.307 e. The Morgan fingerprint density at radius 1 is 1.44 bits per heavy atom. The fraction of sp³-hybridized carbons (Fsp3) is 0.833. The van der Waals surface area contributed by atoms with E-state index in [9.17, 15) is 9.59 Å². The monoisotopic (exact) mass is 273 g/mol. The van der Waals surface area contributed by atoms with Crippen LogP contribution >= 0.6 is 11.8 Å². The van der Waals surface area contributed by atoms with Crippen LogP contribution in [0.3, 0.4) is 0 Å². The summed E-state index contributed by atoms with van der Waals surface area (Å²) in [6.07, 6.45) is 1.50. The van der Waals surface area contributed by atoms with Gasteiger partial charge in [-0.25, -0.2) is 0 Å². The molecule has 0 bridgehead atoms. The van der Waals surface area contributed by atoms with Crippen LogP contribution in [0.1, 0.15) is 12.8 Å². The number of carboxylic acid groups (broad SMARTS) is 1. The summed E-state index contributed by atoms with van der Waals surface area (Å²) in [4.78, 5) is 25.0. The maximum atomic E-state index is 12.3. The van der Waals surface area contributed by atoms with Gasteiger partial charge in [0.25, 0.3) is 0 Å². The second kappa shape index (κ2) is 5.93. The second-order valence-corrected chi connectivity index (χ2v) is 5.98. The summed E-state index contributed by atoms with van der Waals surface area (Å²) >= 11 is 1.85. The lowest BCUT2D eigenvalue weighted by Gasteiger charge is -2.28. The molecule has 6 heteroatoms. The highest BCUT2D eigenvalue weighted by Crippen LogP contribution is 2.41. The van der Waals surface area contributed by atoms with E-state index in [2.05, 4.69) is 0 Å². The number of hydrogen-bond donors (Lipinski definition) is 1. The molecule has 2 fully saturated rings. The Bertz CT molecular complexity index is 330. The van der Waals surface area contributed by atoms with Gasteiger partial charge in [0.05, 0.1) is 18.4 Å². The van der Waals surface area contributed by atoms with E-state index < -0.39 is 11.9 Å². The number of aliphatic carboxylic acids is 1. The molecule has 1 aliphatic carbocycles. The highest BCUT2D eigenvalue weighted by atomic mass is 32.2. The van der Waals surface area contributed by atoms with Crippen LogP contribution in [-0.4, -0.2) is 59.7 Å². The standard InChI is InChI=1S/C12H19NO4S/c1-17-4-3-13(8-2-5-18-7-8)11(14)9-6-10(9)12(15)16/h8-10H,2-7H2,1H3,(H,15,16). The van der Waals surface area contributed by atoms with Gasteiger partial charge >= 0.3 is 5.97 Å². The van der Waals surface area contributed by atoms with Gasteiger partial charge in [-0.2, -0.15) is 11.8 Å². The van der Waals surface area contributed by atoms with Crippen LogP contribution in [0.4, 0.5) is 0 Å². The van der Waals surface area contributed by atoms with Crippen molar-refractivity contribution in [1.29, 1.82) is 0 Å². The molecule has 3 unspecified atom stereocenters. The SMILES string of the molecule is COCCN(C(=O)C1CC1C(=O)O)C1CCSC1. The van der Waals surface area contributed by atoms with Crippen LogP contribution < -0.4 is 0 Å². The lowest BCUT2D eigenvalue weighted by atomic mass is 10.2. The molecule has 5 nitrogen and oxygen atoms in total. The van der Waals surface area contributed by atoms with E-state index in [0.29, 0.717) is 19.6 Å². The molecular weight excluding hydrogens is 254 g/mol. The van der Waals surface area contributed by atoms with Crippen molar-refractivity contribution in [2.24, 2.45) is 11.8 Å². The first-order chi connectivity index (χ1) is 8.65. The molecule has 2 aliphatic rings. The van der Waals surface area contributed by atoms with Crippen molar-refractivity contribution in [3.8, 4) is 0 Å². The van der Waals surface area contributed by atoms with Gasteiger partial charge in [-0.1, -0.05) is 0 Å². The fourth-order valence-electron chi connectivity index (χ4n) is 2.38. The predicted molar refractivity (Wildman–Crippen MR) is 68.6 cm³/mol. The van der Waals surface area contributed by atoms with Crippen molar-refractivity contribution < 1.29 is 19.4 Å². The Labute approximate surface area is 111 Å². The van der Waals surface area contributed by atoms with E-state index in [1.807, 2.05) is 16.7 Å². The third-order valence-electron chi connectivity index (χ3n) is 3.59. The number of ether oxygens (including phenoxy) is 1. The largest absolute Gasteiger partial charge is 0.481 e. The average Bonchev–Trinajstić information content (AvgIpc) is 2.99. The Kier molecular flexibility index (Phi) is 4.50. The Morgan fingerprint density at radius 3 is 2.72 bits per heavy atom. The number of carbonyl (C=O) groups excluding carboxylic acids is 1. The molecule has 1 heterocycles. The number of carbonyl (C=O) groups is 2. The number of rotatable bonds is 6. The van der Waals surface area contributed by atoms with Crippen molar-refractivity contribution in [1.82, 2.24) is 4.90 Å². The van der Waals surface area contributed by atoms with Crippen LogP contribution in [0.15, 0.2) is 0 Å². The maximum absolute atomic E-state index is 12.3. The van der Waals surface area contributed by atoms with Crippen molar-refractivity contribution in [2.75, 3.05) is 31.8 Å². The highest BCUT2D eigenvalue weighted by Gasteiger charge is 2.50. The third-order valence-corrected chi connectivity index (χ3v) is 4.74. The van der Waals surface area contributed by atoms with Crippen LogP contribution in [0.2, 0.25) is 0 Å². The van der Waals surface area contributed by atoms with Gasteiger partial charge in [-0.05, 0) is 18.6 Å². The summed E-state index contributed by atoms with van der Waals surface area (Å²) in [5, 5.41) is 8.90. The Balaban J connectivity index is 1.95. The molecular formula is C12H19NO4S. The van der Waals surface area contributed by atoms with Gasteiger partial charge in [0.2, 0.25) is 5.91 Å². The molecule has 1 aliphatic heterocycles. The topological polar surface area (TPSA) is 66.8 Å². The summed E-state index contributed by atoms with van der Waals surface area (Å²) in [6, 6.07) is 0.257. The van der Waals surface area contributed by atoms with Crippen molar-refractivity contribution >= 4 is 23.6 Å². The first-order valence-electron chi connectivity index (χ1n) is 6.25. The molecule has 1 saturated carbocycles. The second-order valence-electron chi connectivity index (χ2n) is 4.83. The van der Waals surface area contributed by atoms with Crippen LogP contribution in [0.5, 0.6) is 0 Å². The number of thioether (sulfide) groups is 1. The third kappa shape index (κ3) is 2.98. The number of methoxy groups -OCH3 is 1. The van der Waals surface area contributed by atoms with E-state index in [0.717, 1.165) is 17.9 Å². The van der Waals surface area contributed by atoms with E-state index in [1.165, 1.54) is 0 Å². The van der Waals surface area contributed by atoms with Crippen LogP contribution in [-0.2, 0) is 14.3 Å². The van der Waals surface area contributed by atoms with Crippen LogP contribution in [0.25, 0.3) is 0 Å². The zero-order chi connectivity index (χ0) is 13.1. The van der Waals surface area contributed by atoms with Crippen LogP contribution in [0, 0.1) is 11.8 Å². The van der Waals surface area contributed by atoms with Gasteiger partial charge in [0.15, 0.2) is 0 Å². The molecule has 1 amide bonds. The summed E-state index contributed by atoms with van der Waals surface area (Å²) in [7, 11) is 1.61. The summed E-state index contributed by atoms with van der Waals surface area (Å²) in [6.45, 7) is 1.08. The van der Waals surface area contributed by atoms with E-state index >= 15 is 0 Å². The number of carboxylic acids is 1.